The summed E-state index contributed by atoms with van der Waals surface area (Å²) in [4.78, 5) is 0. The Hall–Kier alpha value is -1.62. The van der Waals surface area contributed by atoms with Crippen LogP contribution in [-0.2, 0) is 16.1 Å². The molecule has 0 aliphatic carbocycles. The second-order valence-corrected chi connectivity index (χ2v) is 5.36. The highest BCUT2D eigenvalue weighted by Gasteiger charge is 2.44. The molecule has 1 aliphatic heterocycles. The van der Waals surface area contributed by atoms with Gasteiger partial charge in [0.15, 0.2) is 17.8 Å². The number of aliphatic hydroxyl groups is 4. The summed E-state index contributed by atoms with van der Waals surface area (Å²) in [5, 5.41) is 48.4. The van der Waals surface area contributed by atoms with E-state index < -0.39 is 37.3 Å². The highest BCUT2D eigenvalue weighted by molar-refractivity contribution is 5.52. The molecule has 0 bridgehead atoms. The molecule has 5 atom stereocenters. The zero-order valence-corrected chi connectivity index (χ0v) is 13.3. The third kappa shape index (κ3) is 3.72. The van der Waals surface area contributed by atoms with Gasteiger partial charge in [0.25, 0.3) is 0 Å². The molecule has 0 unspecified atom stereocenters. The van der Waals surface area contributed by atoms with Crippen LogP contribution < -0.4 is 9.47 Å². The van der Waals surface area contributed by atoms with Crippen molar-refractivity contribution in [1.82, 2.24) is 0 Å². The zero-order valence-electron chi connectivity index (χ0n) is 13.3. The van der Waals surface area contributed by atoms with Gasteiger partial charge in [-0.3, -0.25) is 0 Å². The van der Waals surface area contributed by atoms with E-state index in [0.29, 0.717) is 5.56 Å². The SMILES string of the molecule is COc1cc(CO[C@H]2O[C@@H](CO)[C@@H](O)[C@@H](O)[C@H]2O)cc(OC)c1O. The molecule has 24 heavy (non-hydrogen) atoms. The number of methoxy groups -OCH3 is 2. The lowest BCUT2D eigenvalue weighted by Crippen LogP contribution is -2.59. The summed E-state index contributed by atoms with van der Waals surface area (Å²) in [5.41, 5.74) is 0.554. The summed E-state index contributed by atoms with van der Waals surface area (Å²) in [7, 11) is 2.77. The number of benzene rings is 1. The van der Waals surface area contributed by atoms with E-state index in [0.717, 1.165) is 0 Å². The number of ether oxygens (including phenoxy) is 4. The van der Waals surface area contributed by atoms with Gasteiger partial charge in [-0.05, 0) is 17.7 Å². The number of phenols is 1. The molecule has 5 N–H and O–H groups in total. The molecular weight excluding hydrogens is 324 g/mol. The van der Waals surface area contributed by atoms with Gasteiger partial charge >= 0.3 is 0 Å². The lowest BCUT2D eigenvalue weighted by molar-refractivity contribution is -0.304. The van der Waals surface area contributed by atoms with Gasteiger partial charge in [-0.15, -0.1) is 0 Å². The summed E-state index contributed by atoms with van der Waals surface area (Å²) in [6.45, 7) is -0.596. The number of phenolic OH excluding ortho intramolecular Hbond substituents is 1. The lowest BCUT2D eigenvalue weighted by Gasteiger charge is -2.39. The molecule has 1 heterocycles. The second-order valence-electron chi connectivity index (χ2n) is 5.36. The van der Waals surface area contributed by atoms with E-state index in [1.54, 1.807) is 0 Å². The van der Waals surface area contributed by atoms with Crippen molar-refractivity contribution >= 4 is 0 Å². The predicted octanol–water partition coefficient (Wildman–Crippen LogP) is -1.27. The van der Waals surface area contributed by atoms with E-state index in [9.17, 15) is 20.4 Å². The monoisotopic (exact) mass is 346 g/mol. The van der Waals surface area contributed by atoms with Crippen LogP contribution >= 0.6 is 0 Å². The molecule has 1 aromatic carbocycles. The quantitative estimate of drug-likeness (QED) is 0.426. The maximum absolute atomic E-state index is 9.91. The van der Waals surface area contributed by atoms with Crippen molar-refractivity contribution in [3.63, 3.8) is 0 Å². The third-order valence-electron chi connectivity index (χ3n) is 3.80. The number of hydrogen-bond acceptors (Lipinski definition) is 9. The van der Waals surface area contributed by atoms with E-state index in [2.05, 4.69) is 0 Å². The van der Waals surface area contributed by atoms with Gasteiger partial charge in [-0.1, -0.05) is 0 Å². The maximum Gasteiger partial charge on any atom is 0.200 e. The van der Waals surface area contributed by atoms with Crippen LogP contribution in [0.5, 0.6) is 17.2 Å². The van der Waals surface area contributed by atoms with Crippen molar-refractivity contribution in [3.8, 4) is 17.2 Å². The Morgan fingerprint density at radius 1 is 1.00 bits per heavy atom. The van der Waals surface area contributed by atoms with Crippen molar-refractivity contribution in [2.24, 2.45) is 0 Å². The Labute approximate surface area is 138 Å². The highest BCUT2D eigenvalue weighted by atomic mass is 16.7. The van der Waals surface area contributed by atoms with E-state index in [4.69, 9.17) is 24.1 Å². The molecule has 1 aliphatic rings. The van der Waals surface area contributed by atoms with Crippen LogP contribution in [0.2, 0.25) is 0 Å². The van der Waals surface area contributed by atoms with Crippen LogP contribution in [0.25, 0.3) is 0 Å². The van der Waals surface area contributed by atoms with Crippen molar-refractivity contribution in [2.75, 3.05) is 20.8 Å². The number of rotatable bonds is 6. The summed E-state index contributed by atoms with van der Waals surface area (Å²) in [6.07, 6.45) is -6.73. The zero-order chi connectivity index (χ0) is 17.9. The fourth-order valence-electron chi connectivity index (χ4n) is 2.41. The lowest BCUT2D eigenvalue weighted by atomic mass is 9.99. The average molecular weight is 346 g/mol. The molecule has 2 rings (SSSR count). The molecule has 136 valence electrons. The largest absolute Gasteiger partial charge is 0.502 e. The molecule has 1 aromatic rings. The molecule has 1 saturated heterocycles. The van der Waals surface area contributed by atoms with Crippen molar-refractivity contribution in [3.05, 3.63) is 17.7 Å². The molecule has 0 spiro atoms. The van der Waals surface area contributed by atoms with E-state index in [-0.39, 0.29) is 23.9 Å². The van der Waals surface area contributed by atoms with Gasteiger partial charge < -0.3 is 44.5 Å². The van der Waals surface area contributed by atoms with Crippen molar-refractivity contribution in [1.29, 1.82) is 0 Å². The van der Waals surface area contributed by atoms with Gasteiger partial charge in [0.05, 0.1) is 27.4 Å². The van der Waals surface area contributed by atoms with Crippen molar-refractivity contribution < 1.29 is 44.5 Å². The first-order valence-corrected chi connectivity index (χ1v) is 7.28. The van der Waals surface area contributed by atoms with Crippen LogP contribution in [0, 0.1) is 0 Å². The Morgan fingerprint density at radius 3 is 2.08 bits per heavy atom. The smallest absolute Gasteiger partial charge is 0.200 e. The predicted molar refractivity (Wildman–Crippen MR) is 79.8 cm³/mol. The van der Waals surface area contributed by atoms with Gasteiger partial charge in [-0.25, -0.2) is 0 Å². The second kappa shape index (κ2) is 7.97. The normalized spacial score (nSPS) is 30.2. The van der Waals surface area contributed by atoms with Crippen molar-refractivity contribution in [2.45, 2.75) is 37.3 Å². The van der Waals surface area contributed by atoms with Crippen LogP contribution in [0.3, 0.4) is 0 Å². The number of aliphatic hydroxyl groups excluding tert-OH is 4. The summed E-state index contributed by atoms with van der Waals surface area (Å²) in [5.74, 6) is 0.208. The first-order chi connectivity index (χ1) is 11.4. The molecule has 0 radical (unpaired) electrons. The van der Waals surface area contributed by atoms with Gasteiger partial charge in [0, 0.05) is 0 Å². The van der Waals surface area contributed by atoms with E-state index in [1.807, 2.05) is 0 Å². The third-order valence-corrected chi connectivity index (χ3v) is 3.80. The van der Waals surface area contributed by atoms with E-state index >= 15 is 0 Å². The Balaban J connectivity index is 2.09. The summed E-state index contributed by atoms with van der Waals surface area (Å²) in [6, 6.07) is 3.03. The molecular formula is C15H22O9. The topological polar surface area (TPSA) is 138 Å². The first-order valence-electron chi connectivity index (χ1n) is 7.28. The van der Waals surface area contributed by atoms with Crippen LogP contribution in [0.4, 0.5) is 0 Å². The van der Waals surface area contributed by atoms with Crippen LogP contribution in [0.1, 0.15) is 5.56 Å². The van der Waals surface area contributed by atoms with Gasteiger partial charge in [-0.2, -0.15) is 0 Å². The van der Waals surface area contributed by atoms with E-state index in [1.165, 1.54) is 26.4 Å². The summed E-state index contributed by atoms with van der Waals surface area (Å²) >= 11 is 0. The van der Waals surface area contributed by atoms with Crippen LogP contribution in [0.15, 0.2) is 12.1 Å². The molecule has 9 nitrogen and oxygen atoms in total. The number of hydrogen-bond donors (Lipinski definition) is 5. The Bertz CT molecular complexity index is 523. The number of aromatic hydroxyl groups is 1. The first kappa shape index (κ1) is 18.7. The van der Waals surface area contributed by atoms with Crippen LogP contribution in [-0.4, -0.2) is 77.1 Å². The minimum absolute atomic E-state index is 0.0598. The molecule has 0 aromatic heterocycles. The molecule has 0 saturated carbocycles. The molecule has 0 amide bonds. The minimum atomic E-state index is -1.51. The molecule has 1 fully saturated rings. The summed E-state index contributed by atoms with van der Waals surface area (Å²) < 4.78 is 20.7. The fraction of sp³-hybridized carbons (Fsp3) is 0.600. The minimum Gasteiger partial charge on any atom is -0.502 e. The maximum atomic E-state index is 9.91. The Kier molecular flexibility index (Phi) is 6.21. The molecule has 9 heteroatoms. The van der Waals surface area contributed by atoms with Gasteiger partial charge in [0.2, 0.25) is 5.75 Å². The fourth-order valence-corrected chi connectivity index (χ4v) is 2.41. The highest BCUT2D eigenvalue weighted by Crippen LogP contribution is 2.37. The standard InChI is InChI=1S/C15H22O9/c1-21-8-3-7(4-9(22-2)11(8)17)6-23-15-14(20)13(19)12(18)10(5-16)24-15/h3-4,10,12-20H,5-6H2,1-2H3/t10-,12+,13+,14+,15-/m0/s1. The van der Waals surface area contributed by atoms with Gasteiger partial charge in [0.1, 0.15) is 24.4 Å². The Morgan fingerprint density at radius 2 is 1.58 bits per heavy atom. The average Bonchev–Trinajstić information content (AvgIpc) is 2.60.